The van der Waals surface area contributed by atoms with Gasteiger partial charge in [-0.2, -0.15) is 0 Å². The zero-order valence-electron chi connectivity index (χ0n) is 21.5. The van der Waals surface area contributed by atoms with Crippen LogP contribution >= 0.6 is 0 Å². The fraction of sp³-hybridized carbons (Fsp3) is 0.655. The lowest BCUT2D eigenvalue weighted by Crippen LogP contribution is -2.81. The van der Waals surface area contributed by atoms with Crippen LogP contribution in [0.3, 0.4) is 0 Å². The van der Waals surface area contributed by atoms with Crippen LogP contribution in [0.1, 0.15) is 82.9 Å². The average molecular weight is 505 g/mol. The number of likely N-dealkylation sites (tertiary alicyclic amines) is 1. The van der Waals surface area contributed by atoms with Crippen LogP contribution in [0.5, 0.6) is 0 Å². The molecule has 4 saturated carbocycles. The van der Waals surface area contributed by atoms with E-state index in [4.69, 9.17) is 9.94 Å². The molecule has 3 unspecified atom stereocenters. The molecule has 37 heavy (non-hydrogen) atoms. The number of aromatic nitrogens is 2. The Bertz CT molecular complexity index is 1320. The van der Waals surface area contributed by atoms with Gasteiger partial charge in [0.1, 0.15) is 5.71 Å². The molecule has 196 valence electrons. The molecule has 7 rings (SSSR count). The molecule has 1 spiro atoms. The van der Waals surface area contributed by atoms with E-state index in [1.165, 1.54) is 57.8 Å². The largest absolute Gasteiger partial charge is 0.479 e. The van der Waals surface area contributed by atoms with Crippen molar-refractivity contribution in [3.05, 3.63) is 40.3 Å². The van der Waals surface area contributed by atoms with Crippen LogP contribution in [0.2, 0.25) is 0 Å². The van der Waals surface area contributed by atoms with E-state index in [0.717, 1.165) is 35.3 Å². The Hall–Kier alpha value is -2.74. The number of benzene rings is 1. The van der Waals surface area contributed by atoms with E-state index < -0.39 is 12.6 Å². The van der Waals surface area contributed by atoms with Crippen molar-refractivity contribution < 1.29 is 14.7 Å². The van der Waals surface area contributed by atoms with Crippen LogP contribution in [-0.2, 0) is 9.63 Å². The van der Waals surface area contributed by atoms with Gasteiger partial charge in [0.25, 0.3) is 5.56 Å². The number of carbonyl (C=O) groups is 1. The third-order valence-corrected chi connectivity index (χ3v) is 10.5. The van der Waals surface area contributed by atoms with Gasteiger partial charge in [-0.25, -0.2) is 9.78 Å². The molecule has 8 nitrogen and oxygen atoms in total. The summed E-state index contributed by atoms with van der Waals surface area (Å²) in [5, 5.41) is 12.8. The molecule has 2 bridgehead atoms. The number of fused-ring (bicyclic) bond motifs is 3. The minimum Gasteiger partial charge on any atom is -0.479 e. The Morgan fingerprint density at radius 1 is 1.08 bits per heavy atom. The van der Waals surface area contributed by atoms with Crippen molar-refractivity contribution in [1.29, 1.82) is 0 Å². The van der Waals surface area contributed by atoms with Gasteiger partial charge in [0.15, 0.2) is 5.69 Å². The van der Waals surface area contributed by atoms with Crippen LogP contribution in [0.25, 0.3) is 11.0 Å². The van der Waals surface area contributed by atoms with Crippen molar-refractivity contribution in [1.82, 2.24) is 14.5 Å². The number of carboxylic acids is 1. The third kappa shape index (κ3) is 3.44. The second-order valence-corrected chi connectivity index (χ2v) is 12.2. The fourth-order valence-electron chi connectivity index (χ4n) is 9.21. The Morgan fingerprint density at radius 2 is 1.86 bits per heavy atom. The van der Waals surface area contributed by atoms with Crippen molar-refractivity contribution in [3.63, 3.8) is 0 Å². The first-order chi connectivity index (χ1) is 18.0. The maximum Gasteiger partial charge on any atom is 0.344 e. The Balaban J connectivity index is 1.23. The first kappa shape index (κ1) is 23.4. The summed E-state index contributed by atoms with van der Waals surface area (Å²) < 4.78 is 2.01. The van der Waals surface area contributed by atoms with Crippen molar-refractivity contribution >= 4 is 22.7 Å². The quantitative estimate of drug-likeness (QED) is 0.464. The smallest absolute Gasteiger partial charge is 0.344 e. The van der Waals surface area contributed by atoms with Gasteiger partial charge in [-0.05, 0) is 69.4 Å². The second kappa shape index (κ2) is 8.65. The van der Waals surface area contributed by atoms with E-state index in [0.29, 0.717) is 17.8 Å². The predicted molar refractivity (Wildman–Crippen MR) is 140 cm³/mol. The first-order valence-electron chi connectivity index (χ1n) is 14.1. The van der Waals surface area contributed by atoms with Gasteiger partial charge in [-0.1, -0.05) is 43.0 Å². The maximum absolute atomic E-state index is 14.0. The number of oxime groups is 1. The number of para-hydroxylation sites is 2. The molecule has 4 aliphatic carbocycles. The summed E-state index contributed by atoms with van der Waals surface area (Å²) in [6, 6.07) is 9.92. The molecule has 0 radical (unpaired) electrons. The molecule has 6 atom stereocenters. The van der Waals surface area contributed by atoms with E-state index in [1.807, 2.05) is 28.8 Å². The van der Waals surface area contributed by atoms with E-state index in [2.05, 4.69) is 15.0 Å². The molecule has 1 N–H and O–H groups in total. The SMILES string of the molecule is C/C(=N\OCC(=O)O)c1nc2ccccc2n([C@@H]2C[C@H]3N(C4CC5CCCC(C5)C4)[C@@H]4CCCC432)c1=O. The van der Waals surface area contributed by atoms with Crippen molar-refractivity contribution in [3.8, 4) is 0 Å². The Labute approximate surface area is 216 Å². The lowest BCUT2D eigenvalue weighted by atomic mass is 9.49. The van der Waals surface area contributed by atoms with Gasteiger partial charge >= 0.3 is 5.97 Å². The van der Waals surface area contributed by atoms with Crippen LogP contribution in [0.4, 0.5) is 0 Å². The summed E-state index contributed by atoms with van der Waals surface area (Å²) in [6.45, 7) is 1.11. The molecular formula is C29H36N4O4. The number of hydrogen-bond acceptors (Lipinski definition) is 6. The number of hydrogen-bond donors (Lipinski definition) is 1. The van der Waals surface area contributed by atoms with Crippen molar-refractivity contribution in [2.24, 2.45) is 22.4 Å². The molecule has 2 heterocycles. The van der Waals surface area contributed by atoms with Crippen molar-refractivity contribution in [2.75, 3.05) is 6.61 Å². The summed E-state index contributed by atoms with van der Waals surface area (Å²) in [7, 11) is 0. The van der Waals surface area contributed by atoms with Gasteiger partial charge in [0, 0.05) is 29.6 Å². The minimum absolute atomic E-state index is 0.145. The Morgan fingerprint density at radius 3 is 2.65 bits per heavy atom. The van der Waals surface area contributed by atoms with Crippen molar-refractivity contribution in [2.45, 2.75) is 95.3 Å². The highest BCUT2D eigenvalue weighted by Gasteiger charge is 2.74. The fourth-order valence-corrected chi connectivity index (χ4v) is 9.21. The van der Waals surface area contributed by atoms with E-state index in [-0.39, 0.29) is 22.7 Å². The molecule has 1 aromatic heterocycles. The lowest BCUT2D eigenvalue weighted by molar-refractivity contribution is -0.246. The van der Waals surface area contributed by atoms with Gasteiger partial charge in [0.2, 0.25) is 6.61 Å². The van der Waals surface area contributed by atoms with Crippen LogP contribution in [0, 0.1) is 17.3 Å². The third-order valence-electron chi connectivity index (χ3n) is 10.5. The molecule has 5 aliphatic rings. The highest BCUT2D eigenvalue weighted by atomic mass is 16.6. The monoisotopic (exact) mass is 504 g/mol. The van der Waals surface area contributed by atoms with Crippen LogP contribution < -0.4 is 5.56 Å². The average Bonchev–Trinajstić information content (AvgIpc) is 3.30. The highest BCUT2D eigenvalue weighted by Crippen LogP contribution is 2.71. The summed E-state index contributed by atoms with van der Waals surface area (Å²) >= 11 is 0. The molecule has 1 aromatic carbocycles. The second-order valence-electron chi connectivity index (χ2n) is 12.2. The number of carboxylic acid groups (broad SMARTS) is 1. The molecule has 5 fully saturated rings. The molecular weight excluding hydrogens is 468 g/mol. The number of rotatable bonds is 6. The topological polar surface area (TPSA) is 97.0 Å². The Kier molecular flexibility index (Phi) is 5.47. The zero-order chi connectivity index (χ0) is 25.3. The molecule has 2 aromatic rings. The van der Waals surface area contributed by atoms with Crippen LogP contribution in [-0.4, -0.2) is 56.0 Å². The normalized spacial score (nSPS) is 36.8. The minimum atomic E-state index is -1.11. The summed E-state index contributed by atoms with van der Waals surface area (Å²) in [6.07, 6.45) is 13.1. The lowest BCUT2D eigenvalue weighted by Gasteiger charge is -2.74. The summed E-state index contributed by atoms with van der Waals surface area (Å²) in [4.78, 5) is 37.3. The van der Waals surface area contributed by atoms with Crippen LogP contribution in [0.15, 0.2) is 34.2 Å². The van der Waals surface area contributed by atoms with E-state index >= 15 is 0 Å². The molecule has 0 amide bonds. The highest BCUT2D eigenvalue weighted by molar-refractivity contribution is 5.97. The summed E-state index contributed by atoms with van der Waals surface area (Å²) in [5.41, 5.74) is 2.23. The maximum atomic E-state index is 14.0. The summed E-state index contributed by atoms with van der Waals surface area (Å²) in [5.74, 6) is 0.734. The van der Waals surface area contributed by atoms with Gasteiger partial charge in [0.05, 0.1) is 11.0 Å². The zero-order valence-corrected chi connectivity index (χ0v) is 21.5. The first-order valence-corrected chi connectivity index (χ1v) is 14.1. The van der Waals surface area contributed by atoms with E-state index in [1.54, 1.807) is 6.92 Å². The van der Waals surface area contributed by atoms with Gasteiger partial charge in [-0.3, -0.25) is 9.69 Å². The van der Waals surface area contributed by atoms with Gasteiger partial charge in [-0.15, -0.1) is 0 Å². The predicted octanol–water partition coefficient (Wildman–Crippen LogP) is 4.36. The number of aliphatic carboxylic acids is 1. The van der Waals surface area contributed by atoms with E-state index in [9.17, 15) is 9.59 Å². The number of nitrogens with zero attached hydrogens (tertiary/aromatic N) is 4. The molecule has 1 aliphatic heterocycles. The molecule has 1 saturated heterocycles. The van der Waals surface area contributed by atoms with Gasteiger partial charge < -0.3 is 14.5 Å². The molecule has 8 heteroatoms. The standard InChI is InChI=1S/C29H36N4O4/c1-17(31-37-16-26(34)35)27-28(36)33(22-9-3-2-8-21(22)30-27)25-15-24-29(25)11-5-10-23(29)32(24)20-13-18-6-4-7-19(12-18)14-20/h2-3,8-9,18-20,23-25H,4-7,10-16H2,1H3,(H,34,35)/b31-17+/t18?,19?,20?,23-,24-,25-,29?/m1/s1. The number of piperidine rings is 1.